The number of likely N-dealkylation sites (tertiary alicyclic amines) is 1. The average Bonchev–Trinajstić information content (AvgIpc) is 3.35. The van der Waals surface area contributed by atoms with Gasteiger partial charge in [0.05, 0.1) is 37.6 Å². The first-order valence-corrected chi connectivity index (χ1v) is 11.7. The maximum Gasteiger partial charge on any atom is 0.295 e. The number of ketones is 1. The standard InChI is InChI=1S/C26H28N4O5/c1-17-22(29-10-4-3-5-20(29)27-17)24(31)21-23(18-6-8-19(34-2)9-7-18)30(26(33)25(21)32)12-11-28-13-15-35-16-14-28/h3-10,23,31H,11-16H2,1-2H3/b24-21+/t23-/m1/s1. The molecule has 0 radical (unpaired) electrons. The highest BCUT2D eigenvalue weighted by molar-refractivity contribution is 6.46. The predicted octanol–water partition coefficient (Wildman–Crippen LogP) is 2.41. The number of aromatic nitrogens is 2. The third kappa shape index (κ3) is 4.17. The van der Waals surface area contributed by atoms with Crippen LogP contribution in [-0.2, 0) is 14.3 Å². The molecule has 1 atom stereocenters. The summed E-state index contributed by atoms with van der Waals surface area (Å²) in [6, 6.07) is 12.0. The van der Waals surface area contributed by atoms with Crippen molar-refractivity contribution in [1.29, 1.82) is 0 Å². The average molecular weight is 477 g/mol. The second-order valence-electron chi connectivity index (χ2n) is 8.69. The van der Waals surface area contributed by atoms with Crippen molar-refractivity contribution < 1.29 is 24.2 Å². The fourth-order valence-electron chi connectivity index (χ4n) is 4.84. The molecule has 3 aromatic rings. The van der Waals surface area contributed by atoms with Crippen LogP contribution in [0.25, 0.3) is 11.4 Å². The zero-order chi connectivity index (χ0) is 24.5. The minimum atomic E-state index is -0.726. The molecule has 4 heterocycles. The van der Waals surface area contributed by atoms with Crippen molar-refractivity contribution in [2.45, 2.75) is 13.0 Å². The van der Waals surface area contributed by atoms with E-state index < -0.39 is 17.7 Å². The number of fused-ring (bicyclic) bond motifs is 1. The lowest BCUT2D eigenvalue weighted by Crippen LogP contribution is -2.42. The van der Waals surface area contributed by atoms with Crippen LogP contribution in [-0.4, -0.2) is 82.5 Å². The number of rotatable bonds is 6. The van der Waals surface area contributed by atoms with Crippen molar-refractivity contribution in [3.05, 3.63) is 71.2 Å². The van der Waals surface area contributed by atoms with Crippen molar-refractivity contribution >= 4 is 23.1 Å². The molecule has 2 aliphatic heterocycles. The minimum absolute atomic E-state index is 0.0656. The molecular formula is C26H28N4O5. The first-order chi connectivity index (χ1) is 17.0. The number of nitrogens with zero attached hydrogens (tertiary/aromatic N) is 4. The Morgan fingerprint density at radius 1 is 1.11 bits per heavy atom. The molecule has 35 heavy (non-hydrogen) atoms. The molecule has 0 aliphatic carbocycles. The van der Waals surface area contributed by atoms with Gasteiger partial charge in [-0.1, -0.05) is 18.2 Å². The van der Waals surface area contributed by atoms with E-state index in [1.807, 2.05) is 30.3 Å². The van der Waals surface area contributed by atoms with Gasteiger partial charge in [0.15, 0.2) is 5.76 Å². The molecule has 1 aromatic carbocycles. The second-order valence-corrected chi connectivity index (χ2v) is 8.69. The van der Waals surface area contributed by atoms with Crippen molar-refractivity contribution in [2.75, 3.05) is 46.5 Å². The summed E-state index contributed by atoms with van der Waals surface area (Å²) in [4.78, 5) is 34.9. The highest BCUT2D eigenvalue weighted by Gasteiger charge is 2.46. The van der Waals surface area contributed by atoms with E-state index in [4.69, 9.17) is 9.47 Å². The van der Waals surface area contributed by atoms with E-state index in [1.54, 1.807) is 41.7 Å². The van der Waals surface area contributed by atoms with E-state index in [0.29, 0.717) is 49.1 Å². The highest BCUT2D eigenvalue weighted by atomic mass is 16.5. The van der Waals surface area contributed by atoms with Gasteiger partial charge in [0.1, 0.15) is 17.1 Å². The van der Waals surface area contributed by atoms with E-state index in [-0.39, 0.29) is 11.3 Å². The van der Waals surface area contributed by atoms with E-state index in [0.717, 1.165) is 18.7 Å². The van der Waals surface area contributed by atoms with Gasteiger partial charge in [-0.25, -0.2) is 4.98 Å². The number of Topliss-reactive ketones (excluding diaryl/α,β-unsaturated/α-hetero) is 1. The number of aliphatic hydroxyl groups is 1. The Morgan fingerprint density at radius 3 is 2.57 bits per heavy atom. The Bertz CT molecular complexity index is 1290. The van der Waals surface area contributed by atoms with Crippen LogP contribution in [0.4, 0.5) is 0 Å². The Hall–Kier alpha value is -3.69. The molecule has 5 rings (SSSR count). The number of pyridine rings is 1. The maximum absolute atomic E-state index is 13.4. The molecule has 9 heteroatoms. The zero-order valence-corrected chi connectivity index (χ0v) is 19.8. The molecule has 2 saturated heterocycles. The second kappa shape index (κ2) is 9.52. The number of imidazole rings is 1. The number of ether oxygens (including phenoxy) is 2. The van der Waals surface area contributed by atoms with Crippen LogP contribution in [0.2, 0.25) is 0 Å². The van der Waals surface area contributed by atoms with Gasteiger partial charge in [-0.15, -0.1) is 0 Å². The summed E-state index contributed by atoms with van der Waals surface area (Å²) in [6.45, 7) is 5.58. The lowest BCUT2D eigenvalue weighted by atomic mass is 9.96. The molecule has 2 fully saturated rings. The number of hydrogen-bond donors (Lipinski definition) is 1. The van der Waals surface area contributed by atoms with Gasteiger partial charge >= 0.3 is 0 Å². The number of methoxy groups -OCH3 is 1. The van der Waals surface area contributed by atoms with E-state index >= 15 is 0 Å². The smallest absolute Gasteiger partial charge is 0.295 e. The first kappa shape index (κ1) is 23.1. The number of benzene rings is 1. The summed E-state index contributed by atoms with van der Waals surface area (Å²) in [7, 11) is 1.58. The normalized spacial score (nSPS) is 20.6. The fourth-order valence-corrected chi connectivity index (χ4v) is 4.84. The number of aryl methyl sites for hydroxylation is 1. The van der Waals surface area contributed by atoms with Gasteiger partial charge in [-0.05, 0) is 36.8 Å². The zero-order valence-electron chi connectivity index (χ0n) is 19.8. The molecule has 0 unspecified atom stereocenters. The third-order valence-corrected chi connectivity index (χ3v) is 6.66. The Labute approximate surface area is 203 Å². The Morgan fingerprint density at radius 2 is 1.86 bits per heavy atom. The summed E-state index contributed by atoms with van der Waals surface area (Å²) in [5.41, 5.74) is 2.41. The number of carbonyl (C=O) groups is 2. The minimum Gasteiger partial charge on any atom is -0.505 e. The van der Waals surface area contributed by atoms with Gasteiger partial charge < -0.3 is 19.5 Å². The predicted molar refractivity (Wildman–Crippen MR) is 129 cm³/mol. The molecule has 0 spiro atoms. The molecule has 0 bridgehead atoms. The van der Waals surface area contributed by atoms with E-state index in [1.165, 1.54) is 0 Å². The molecule has 182 valence electrons. The molecule has 0 saturated carbocycles. The molecule has 9 nitrogen and oxygen atoms in total. The number of amides is 1. The monoisotopic (exact) mass is 476 g/mol. The van der Waals surface area contributed by atoms with Crippen molar-refractivity contribution in [2.24, 2.45) is 0 Å². The summed E-state index contributed by atoms with van der Waals surface area (Å²) >= 11 is 0. The number of aliphatic hydroxyl groups excluding tert-OH is 1. The summed E-state index contributed by atoms with van der Waals surface area (Å²) in [6.07, 6.45) is 1.78. The SMILES string of the molecule is COc1ccc([C@@H]2/C(=C(\O)c3c(C)nc4ccccn34)C(=O)C(=O)N2CCN2CCOCC2)cc1. The highest BCUT2D eigenvalue weighted by Crippen LogP contribution is 2.40. The van der Waals surface area contributed by atoms with Gasteiger partial charge in [0.2, 0.25) is 0 Å². The van der Waals surface area contributed by atoms with Crippen molar-refractivity contribution in [1.82, 2.24) is 19.2 Å². The van der Waals surface area contributed by atoms with Crippen molar-refractivity contribution in [3.63, 3.8) is 0 Å². The molecule has 1 amide bonds. The van der Waals surface area contributed by atoms with E-state index in [9.17, 15) is 14.7 Å². The van der Waals surface area contributed by atoms with Crippen LogP contribution in [0.3, 0.4) is 0 Å². The van der Waals surface area contributed by atoms with Gasteiger partial charge in [-0.2, -0.15) is 0 Å². The lowest BCUT2D eigenvalue weighted by Gasteiger charge is -2.31. The van der Waals surface area contributed by atoms with Crippen LogP contribution in [0.15, 0.2) is 54.2 Å². The molecule has 1 N–H and O–H groups in total. The Balaban J connectivity index is 1.60. The lowest BCUT2D eigenvalue weighted by molar-refractivity contribution is -0.140. The molecule has 2 aromatic heterocycles. The van der Waals surface area contributed by atoms with Crippen LogP contribution in [0.5, 0.6) is 5.75 Å². The largest absolute Gasteiger partial charge is 0.505 e. The van der Waals surface area contributed by atoms with Crippen LogP contribution >= 0.6 is 0 Å². The van der Waals surface area contributed by atoms with Crippen LogP contribution in [0, 0.1) is 6.92 Å². The summed E-state index contributed by atoms with van der Waals surface area (Å²) in [5.74, 6) is -0.881. The number of morpholine rings is 1. The summed E-state index contributed by atoms with van der Waals surface area (Å²) in [5, 5.41) is 11.5. The van der Waals surface area contributed by atoms with E-state index in [2.05, 4.69) is 9.88 Å². The quantitative estimate of drug-likeness (QED) is 0.332. The topological polar surface area (TPSA) is 96.6 Å². The number of carbonyl (C=O) groups excluding carboxylic acids is 2. The molecule has 2 aliphatic rings. The fraction of sp³-hybridized carbons (Fsp3) is 0.346. The van der Waals surface area contributed by atoms with Crippen molar-refractivity contribution in [3.8, 4) is 5.75 Å². The molecular weight excluding hydrogens is 448 g/mol. The van der Waals surface area contributed by atoms with Gasteiger partial charge in [0, 0.05) is 32.4 Å². The first-order valence-electron chi connectivity index (χ1n) is 11.7. The number of hydrogen-bond acceptors (Lipinski definition) is 7. The third-order valence-electron chi connectivity index (χ3n) is 6.66. The van der Waals surface area contributed by atoms with Gasteiger partial charge in [-0.3, -0.25) is 18.9 Å². The van der Waals surface area contributed by atoms with Gasteiger partial charge in [0.25, 0.3) is 11.7 Å². The summed E-state index contributed by atoms with van der Waals surface area (Å²) < 4.78 is 12.4. The van der Waals surface area contributed by atoms with Crippen LogP contribution < -0.4 is 4.74 Å². The maximum atomic E-state index is 13.4. The van der Waals surface area contributed by atoms with Crippen LogP contribution in [0.1, 0.15) is 23.0 Å². The Kier molecular flexibility index (Phi) is 6.27.